The topological polar surface area (TPSA) is 92.7 Å². The van der Waals surface area contributed by atoms with Crippen LogP contribution in [-0.4, -0.2) is 39.7 Å². The predicted molar refractivity (Wildman–Crippen MR) is 105 cm³/mol. The molecule has 3 aromatic heterocycles. The number of hydrogen-bond acceptors (Lipinski definition) is 7. The van der Waals surface area contributed by atoms with E-state index in [1.807, 2.05) is 6.07 Å². The number of pyridine rings is 1. The zero-order valence-corrected chi connectivity index (χ0v) is 16.1. The molecule has 7 nitrogen and oxygen atoms in total. The Labute approximate surface area is 165 Å². The Kier molecular flexibility index (Phi) is 4.99. The van der Waals surface area contributed by atoms with E-state index < -0.39 is 0 Å². The molecule has 4 rings (SSSR count). The van der Waals surface area contributed by atoms with Crippen LogP contribution in [-0.2, 0) is 5.41 Å². The lowest BCUT2D eigenvalue weighted by atomic mass is 9.66. The second kappa shape index (κ2) is 7.59. The lowest BCUT2D eigenvalue weighted by Gasteiger charge is -2.41. The highest BCUT2D eigenvalue weighted by Gasteiger charge is 2.41. The first kappa shape index (κ1) is 18.4. The van der Waals surface area contributed by atoms with Crippen molar-refractivity contribution >= 4 is 23.1 Å². The predicted octanol–water partition coefficient (Wildman–Crippen LogP) is 3.03. The highest BCUT2D eigenvalue weighted by molar-refractivity contribution is 7.16. The van der Waals surface area contributed by atoms with Crippen molar-refractivity contribution in [2.45, 2.75) is 24.7 Å². The second-order valence-electron chi connectivity index (χ2n) is 6.73. The number of hydrogen-bond donors (Lipinski definition) is 2. The van der Waals surface area contributed by atoms with E-state index in [-0.39, 0.29) is 17.1 Å². The summed E-state index contributed by atoms with van der Waals surface area (Å²) in [7, 11) is 1.58. The molecule has 1 fully saturated rings. The van der Waals surface area contributed by atoms with E-state index in [1.165, 1.54) is 23.6 Å². The Balaban J connectivity index is 1.46. The quantitative estimate of drug-likeness (QED) is 0.663. The largest absolute Gasteiger partial charge is 0.368 e. The molecule has 9 heteroatoms. The highest BCUT2D eigenvalue weighted by Crippen LogP contribution is 2.43. The van der Waals surface area contributed by atoms with Crippen LogP contribution in [0.5, 0.6) is 0 Å². The summed E-state index contributed by atoms with van der Waals surface area (Å²) in [5, 5.41) is 14.9. The van der Waals surface area contributed by atoms with Crippen molar-refractivity contribution in [1.29, 1.82) is 0 Å². The Hall–Kier alpha value is -2.94. The molecule has 144 valence electrons. The van der Waals surface area contributed by atoms with Gasteiger partial charge in [0.05, 0.1) is 11.9 Å². The summed E-state index contributed by atoms with van der Waals surface area (Å²) in [6, 6.07) is 6.68. The van der Waals surface area contributed by atoms with Gasteiger partial charge < -0.3 is 10.6 Å². The Bertz CT molecular complexity index is 986. The van der Waals surface area contributed by atoms with E-state index in [4.69, 9.17) is 0 Å². The third-order valence-electron chi connectivity index (χ3n) is 5.02. The molecule has 0 unspecified atom stereocenters. The van der Waals surface area contributed by atoms with E-state index in [9.17, 15) is 9.18 Å². The van der Waals surface area contributed by atoms with Gasteiger partial charge in [-0.2, -0.15) is 0 Å². The van der Waals surface area contributed by atoms with Crippen LogP contribution in [0.15, 0.2) is 36.7 Å². The summed E-state index contributed by atoms with van der Waals surface area (Å²) < 4.78 is 14.2. The van der Waals surface area contributed by atoms with Crippen molar-refractivity contribution in [3.8, 4) is 10.7 Å². The van der Waals surface area contributed by atoms with E-state index >= 15 is 0 Å². The third kappa shape index (κ3) is 3.45. The molecule has 2 N–H and O–H groups in total. The Morgan fingerprint density at radius 2 is 2.11 bits per heavy atom. The van der Waals surface area contributed by atoms with Gasteiger partial charge in [0.15, 0.2) is 0 Å². The fourth-order valence-electron chi connectivity index (χ4n) is 3.30. The number of thiazole rings is 1. The Morgan fingerprint density at radius 1 is 1.25 bits per heavy atom. The maximum absolute atomic E-state index is 14.2. The zero-order chi connectivity index (χ0) is 19.6. The average Bonchev–Trinajstić information content (AvgIpc) is 3.18. The van der Waals surface area contributed by atoms with Crippen LogP contribution in [0.1, 0.15) is 34.6 Å². The van der Waals surface area contributed by atoms with Gasteiger partial charge in [-0.25, -0.2) is 9.37 Å². The molecule has 3 heterocycles. The lowest BCUT2D eigenvalue weighted by molar-refractivity contribution is 0.0967. The highest BCUT2D eigenvalue weighted by atomic mass is 32.1. The van der Waals surface area contributed by atoms with Crippen LogP contribution in [0.3, 0.4) is 0 Å². The second-order valence-corrected chi connectivity index (χ2v) is 7.76. The minimum absolute atomic E-state index is 0.178. The number of carbonyl (C=O) groups excluding carboxylic acids is 1. The molecule has 1 aliphatic carbocycles. The van der Waals surface area contributed by atoms with Gasteiger partial charge in [-0.05, 0) is 37.1 Å². The first-order valence-corrected chi connectivity index (χ1v) is 9.80. The van der Waals surface area contributed by atoms with Crippen LogP contribution in [0, 0.1) is 5.82 Å². The van der Waals surface area contributed by atoms with Crippen molar-refractivity contribution < 1.29 is 9.18 Å². The number of halogens is 1. The first-order chi connectivity index (χ1) is 13.6. The normalized spacial score (nSPS) is 14.9. The minimum Gasteiger partial charge on any atom is -0.368 e. The van der Waals surface area contributed by atoms with Crippen molar-refractivity contribution in [1.82, 2.24) is 25.5 Å². The van der Waals surface area contributed by atoms with Gasteiger partial charge in [-0.3, -0.25) is 9.78 Å². The van der Waals surface area contributed by atoms with E-state index in [1.54, 1.807) is 25.4 Å². The van der Waals surface area contributed by atoms with Crippen LogP contribution in [0.4, 0.5) is 10.2 Å². The van der Waals surface area contributed by atoms with Gasteiger partial charge in [0.25, 0.3) is 5.91 Å². The lowest BCUT2D eigenvalue weighted by Crippen LogP contribution is -2.42. The van der Waals surface area contributed by atoms with Crippen LogP contribution >= 0.6 is 11.3 Å². The maximum Gasteiger partial charge on any atom is 0.262 e. The number of carbonyl (C=O) groups is 1. The monoisotopic (exact) mass is 398 g/mol. The van der Waals surface area contributed by atoms with Gasteiger partial charge in [0, 0.05) is 25.2 Å². The van der Waals surface area contributed by atoms with Crippen molar-refractivity contribution in [3.63, 3.8) is 0 Å². The van der Waals surface area contributed by atoms with Crippen molar-refractivity contribution in [2.24, 2.45) is 0 Å². The molecule has 28 heavy (non-hydrogen) atoms. The molecule has 0 saturated heterocycles. The number of aromatic nitrogens is 4. The molecule has 0 radical (unpaired) electrons. The van der Waals surface area contributed by atoms with Gasteiger partial charge in [-0.1, -0.05) is 6.42 Å². The van der Waals surface area contributed by atoms with Gasteiger partial charge >= 0.3 is 0 Å². The number of amides is 1. The fourth-order valence-corrected chi connectivity index (χ4v) is 4.13. The first-order valence-electron chi connectivity index (χ1n) is 8.98. The smallest absolute Gasteiger partial charge is 0.262 e. The minimum atomic E-state index is -0.302. The summed E-state index contributed by atoms with van der Waals surface area (Å²) in [5.74, 6) is 0.165. The standard InChI is InChI=1S/C19H19FN6OS/c1-21-17(27)14-10-23-18(28-14)13-5-6-15(26-25-13)24-11-19(7-3-8-19)16-12(20)4-2-9-22-16/h2,4-6,9-10H,3,7-8,11H2,1H3,(H,21,27)(H,24,26). The molecule has 1 amide bonds. The number of anilines is 1. The molecule has 0 spiro atoms. The molecular weight excluding hydrogens is 379 g/mol. The van der Waals surface area contributed by atoms with Gasteiger partial charge in [0.2, 0.25) is 0 Å². The summed E-state index contributed by atoms with van der Waals surface area (Å²) >= 11 is 1.26. The van der Waals surface area contributed by atoms with Crippen molar-refractivity contribution in [2.75, 3.05) is 18.9 Å². The van der Waals surface area contributed by atoms with E-state index in [0.29, 0.717) is 33.6 Å². The number of rotatable bonds is 6. The fraction of sp³-hybridized carbons (Fsp3) is 0.316. The molecule has 0 bridgehead atoms. The van der Waals surface area contributed by atoms with E-state index in [0.717, 1.165) is 19.3 Å². The zero-order valence-electron chi connectivity index (χ0n) is 15.3. The molecule has 0 atom stereocenters. The number of nitrogens with zero attached hydrogens (tertiary/aromatic N) is 4. The molecule has 1 aliphatic rings. The molecule has 0 aliphatic heterocycles. The summed E-state index contributed by atoms with van der Waals surface area (Å²) in [5.41, 5.74) is 0.811. The van der Waals surface area contributed by atoms with Crippen LogP contribution in [0.25, 0.3) is 10.7 Å². The molecular formula is C19H19FN6OS. The Morgan fingerprint density at radius 3 is 2.75 bits per heavy atom. The summed E-state index contributed by atoms with van der Waals surface area (Å²) in [4.78, 5) is 20.7. The van der Waals surface area contributed by atoms with Gasteiger partial charge in [-0.15, -0.1) is 21.5 Å². The van der Waals surface area contributed by atoms with Crippen LogP contribution in [0.2, 0.25) is 0 Å². The van der Waals surface area contributed by atoms with Crippen molar-refractivity contribution in [3.05, 3.63) is 53.0 Å². The average molecular weight is 398 g/mol. The SMILES string of the molecule is CNC(=O)c1cnc(-c2ccc(NCC3(c4ncccc4F)CCC3)nn2)s1. The van der Waals surface area contributed by atoms with Gasteiger partial charge in [0.1, 0.15) is 27.2 Å². The summed E-state index contributed by atoms with van der Waals surface area (Å²) in [6.07, 6.45) is 5.99. The molecule has 1 saturated carbocycles. The number of nitrogens with one attached hydrogen (secondary N) is 2. The van der Waals surface area contributed by atoms with E-state index in [2.05, 4.69) is 30.8 Å². The third-order valence-corrected chi connectivity index (χ3v) is 6.04. The molecule has 0 aromatic carbocycles. The van der Waals surface area contributed by atoms with Crippen LogP contribution < -0.4 is 10.6 Å². The molecule has 3 aromatic rings. The maximum atomic E-state index is 14.2. The summed E-state index contributed by atoms with van der Waals surface area (Å²) in [6.45, 7) is 0.549.